The van der Waals surface area contributed by atoms with Crippen LogP contribution in [0.25, 0.3) is 11.1 Å². The van der Waals surface area contributed by atoms with Crippen LogP contribution in [0.5, 0.6) is 0 Å². The van der Waals surface area contributed by atoms with Gasteiger partial charge < -0.3 is 14.9 Å². The Morgan fingerprint density at radius 1 is 1.33 bits per heavy atom. The molecule has 0 atom stereocenters. The van der Waals surface area contributed by atoms with Crippen molar-refractivity contribution in [1.29, 1.82) is 0 Å². The van der Waals surface area contributed by atoms with Gasteiger partial charge in [-0.25, -0.2) is 14.8 Å². The van der Waals surface area contributed by atoms with Gasteiger partial charge in [0.05, 0.1) is 12.7 Å². The highest BCUT2D eigenvalue weighted by atomic mass is 32.2. The number of aromatic nitrogens is 2. The van der Waals surface area contributed by atoms with E-state index in [1.165, 1.54) is 25.1 Å². The molecular formula is C14H11N3O3S. The first kappa shape index (κ1) is 13.4. The standard InChI is InChI=1S/C14H11N3O3S/c1-19-13(18)8-4-5-16-12(6-8)21-14-17-10-7-9(15)2-3-11(10)20-14/h2-7H,15H2,1H3. The van der Waals surface area contributed by atoms with Gasteiger partial charge in [-0.05, 0) is 42.1 Å². The average Bonchev–Trinajstić information content (AvgIpc) is 2.88. The number of hydrogen-bond acceptors (Lipinski definition) is 7. The lowest BCUT2D eigenvalue weighted by Crippen LogP contribution is -2.01. The summed E-state index contributed by atoms with van der Waals surface area (Å²) in [7, 11) is 1.33. The number of benzene rings is 1. The van der Waals surface area contributed by atoms with Crippen LogP contribution in [0.15, 0.2) is 51.2 Å². The molecule has 7 heteroatoms. The topological polar surface area (TPSA) is 91.2 Å². The third-order valence-electron chi connectivity index (χ3n) is 2.74. The molecule has 0 saturated heterocycles. The van der Waals surface area contributed by atoms with Crippen LogP contribution < -0.4 is 5.73 Å². The second-order valence-corrected chi connectivity index (χ2v) is 5.15. The highest BCUT2D eigenvalue weighted by molar-refractivity contribution is 7.99. The number of carbonyl (C=O) groups is 1. The highest BCUT2D eigenvalue weighted by Crippen LogP contribution is 2.29. The smallest absolute Gasteiger partial charge is 0.337 e. The van der Waals surface area contributed by atoms with Gasteiger partial charge in [0.1, 0.15) is 10.5 Å². The molecule has 0 bridgehead atoms. The van der Waals surface area contributed by atoms with Crippen molar-refractivity contribution in [1.82, 2.24) is 9.97 Å². The molecule has 0 radical (unpaired) electrons. The van der Waals surface area contributed by atoms with Crippen molar-refractivity contribution >= 4 is 34.5 Å². The van der Waals surface area contributed by atoms with Crippen molar-refractivity contribution in [2.75, 3.05) is 12.8 Å². The number of nitrogen functional groups attached to an aromatic ring is 1. The van der Waals surface area contributed by atoms with Crippen molar-refractivity contribution in [3.05, 3.63) is 42.1 Å². The van der Waals surface area contributed by atoms with Crippen LogP contribution >= 0.6 is 11.8 Å². The molecule has 1 aromatic carbocycles. The monoisotopic (exact) mass is 301 g/mol. The second kappa shape index (κ2) is 5.45. The second-order valence-electron chi connectivity index (χ2n) is 4.18. The fourth-order valence-corrected chi connectivity index (χ4v) is 2.52. The van der Waals surface area contributed by atoms with Crippen molar-refractivity contribution in [2.24, 2.45) is 0 Å². The summed E-state index contributed by atoms with van der Waals surface area (Å²) in [5.41, 5.74) is 8.08. The minimum Gasteiger partial charge on any atom is -0.465 e. The van der Waals surface area contributed by atoms with Gasteiger partial charge >= 0.3 is 5.97 Å². The Hall–Kier alpha value is -2.54. The van der Waals surface area contributed by atoms with E-state index in [1.807, 2.05) is 0 Å². The molecule has 0 saturated carbocycles. The molecule has 2 N–H and O–H groups in total. The van der Waals surface area contributed by atoms with Gasteiger partial charge in [-0.2, -0.15) is 0 Å². The van der Waals surface area contributed by atoms with Gasteiger partial charge in [0, 0.05) is 11.9 Å². The number of nitrogens with zero attached hydrogens (tertiary/aromatic N) is 2. The van der Waals surface area contributed by atoms with Gasteiger partial charge in [0.25, 0.3) is 5.22 Å². The number of ether oxygens (including phenoxy) is 1. The number of rotatable bonds is 3. The Morgan fingerprint density at radius 3 is 3.00 bits per heavy atom. The number of esters is 1. The normalized spacial score (nSPS) is 10.7. The fraction of sp³-hybridized carbons (Fsp3) is 0.0714. The molecule has 0 aliphatic heterocycles. The van der Waals surface area contributed by atoms with Gasteiger partial charge in [-0.1, -0.05) is 0 Å². The summed E-state index contributed by atoms with van der Waals surface area (Å²) in [6, 6.07) is 8.46. The maximum absolute atomic E-state index is 11.5. The quantitative estimate of drug-likeness (QED) is 0.587. The zero-order chi connectivity index (χ0) is 14.8. The largest absolute Gasteiger partial charge is 0.465 e. The lowest BCUT2D eigenvalue weighted by Gasteiger charge is -2.00. The predicted molar refractivity (Wildman–Crippen MR) is 78.1 cm³/mol. The summed E-state index contributed by atoms with van der Waals surface area (Å²) in [6.45, 7) is 0. The molecular weight excluding hydrogens is 290 g/mol. The molecule has 2 heterocycles. The first-order chi connectivity index (χ1) is 10.2. The summed E-state index contributed by atoms with van der Waals surface area (Å²) in [6.07, 6.45) is 1.54. The number of fused-ring (bicyclic) bond motifs is 1. The van der Waals surface area contributed by atoms with Gasteiger partial charge in [0.15, 0.2) is 5.58 Å². The van der Waals surface area contributed by atoms with Crippen molar-refractivity contribution in [3.8, 4) is 0 Å². The molecule has 2 aromatic heterocycles. The first-order valence-corrected chi connectivity index (χ1v) is 6.85. The van der Waals surface area contributed by atoms with E-state index in [4.69, 9.17) is 10.2 Å². The van der Waals surface area contributed by atoms with Crippen LogP contribution in [-0.2, 0) is 4.74 Å². The third kappa shape index (κ3) is 2.82. The molecule has 6 nitrogen and oxygen atoms in total. The number of anilines is 1. The van der Waals surface area contributed by atoms with E-state index in [2.05, 4.69) is 14.7 Å². The molecule has 3 rings (SSSR count). The number of pyridine rings is 1. The van der Waals surface area contributed by atoms with E-state index in [-0.39, 0.29) is 0 Å². The van der Waals surface area contributed by atoms with Crippen molar-refractivity contribution in [2.45, 2.75) is 10.2 Å². The van der Waals surface area contributed by atoms with E-state index in [9.17, 15) is 4.79 Å². The summed E-state index contributed by atoms with van der Waals surface area (Å²) >= 11 is 1.22. The van der Waals surface area contributed by atoms with Crippen LogP contribution in [0, 0.1) is 0 Å². The van der Waals surface area contributed by atoms with E-state index in [0.29, 0.717) is 32.6 Å². The SMILES string of the molecule is COC(=O)c1ccnc(Sc2nc3cc(N)ccc3o2)c1. The van der Waals surface area contributed by atoms with Gasteiger partial charge in [-0.3, -0.25) is 0 Å². The predicted octanol–water partition coefficient (Wildman–Crippen LogP) is 2.74. The van der Waals surface area contributed by atoms with Crippen LogP contribution in [-0.4, -0.2) is 23.0 Å². The molecule has 0 aliphatic carbocycles. The number of methoxy groups -OCH3 is 1. The van der Waals surface area contributed by atoms with Gasteiger partial charge in [0.2, 0.25) is 0 Å². The van der Waals surface area contributed by atoms with Crippen LogP contribution in [0.3, 0.4) is 0 Å². The first-order valence-electron chi connectivity index (χ1n) is 6.04. The zero-order valence-electron chi connectivity index (χ0n) is 11.1. The van der Waals surface area contributed by atoms with E-state index in [0.717, 1.165) is 0 Å². The van der Waals surface area contributed by atoms with E-state index in [1.54, 1.807) is 30.3 Å². The summed E-state index contributed by atoms with van der Waals surface area (Å²) in [5, 5.41) is 1.03. The molecule has 0 fully saturated rings. The molecule has 21 heavy (non-hydrogen) atoms. The van der Waals surface area contributed by atoms with Gasteiger partial charge in [-0.15, -0.1) is 0 Å². The summed E-state index contributed by atoms with van der Waals surface area (Å²) in [5.74, 6) is -0.412. The molecule has 106 valence electrons. The lowest BCUT2D eigenvalue weighted by molar-refractivity contribution is 0.0600. The lowest BCUT2D eigenvalue weighted by atomic mass is 10.3. The summed E-state index contributed by atoms with van der Waals surface area (Å²) < 4.78 is 10.3. The maximum Gasteiger partial charge on any atom is 0.337 e. The Bertz CT molecular complexity index is 816. The van der Waals surface area contributed by atoms with Crippen LogP contribution in [0.4, 0.5) is 5.69 Å². The Labute approximate surface area is 124 Å². The third-order valence-corrected chi connectivity index (χ3v) is 3.52. The fourth-order valence-electron chi connectivity index (χ4n) is 1.77. The molecule has 0 spiro atoms. The molecule has 0 unspecified atom stereocenters. The van der Waals surface area contributed by atoms with Crippen LogP contribution in [0.2, 0.25) is 0 Å². The molecule has 3 aromatic rings. The Kier molecular flexibility index (Phi) is 3.49. The Morgan fingerprint density at radius 2 is 2.19 bits per heavy atom. The average molecular weight is 301 g/mol. The van der Waals surface area contributed by atoms with E-state index < -0.39 is 5.97 Å². The van der Waals surface area contributed by atoms with E-state index >= 15 is 0 Å². The number of hydrogen-bond donors (Lipinski definition) is 1. The molecule has 0 amide bonds. The number of carbonyl (C=O) groups excluding carboxylic acids is 1. The number of nitrogens with two attached hydrogens (primary N) is 1. The number of oxazole rings is 1. The van der Waals surface area contributed by atoms with Crippen molar-refractivity contribution < 1.29 is 13.9 Å². The minimum absolute atomic E-state index is 0.412. The molecule has 0 aliphatic rings. The Balaban J connectivity index is 1.89. The summed E-state index contributed by atoms with van der Waals surface area (Å²) in [4.78, 5) is 20.0. The van der Waals surface area contributed by atoms with Crippen LogP contribution in [0.1, 0.15) is 10.4 Å². The van der Waals surface area contributed by atoms with Crippen molar-refractivity contribution in [3.63, 3.8) is 0 Å². The zero-order valence-corrected chi connectivity index (χ0v) is 11.9. The maximum atomic E-state index is 11.5. The highest BCUT2D eigenvalue weighted by Gasteiger charge is 2.11. The minimum atomic E-state index is -0.412.